The van der Waals surface area contributed by atoms with Crippen LogP contribution in [-0.4, -0.2) is 56.2 Å². The lowest BCUT2D eigenvalue weighted by Gasteiger charge is -2.18. The van der Waals surface area contributed by atoms with Crippen molar-refractivity contribution in [2.24, 2.45) is 0 Å². The highest BCUT2D eigenvalue weighted by molar-refractivity contribution is 5.85. The molecule has 0 saturated heterocycles. The third kappa shape index (κ3) is 6.64. The van der Waals surface area contributed by atoms with Gasteiger partial charge in [0.25, 0.3) is 0 Å². The Morgan fingerprint density at radius 2 is 1.95 bits per heavy atom. The lowest BCUT2D eigenvalue weighted by molar-refractivity contribution is -0.138. The van der Waals surface area contributed by atoms with Crippen molar-refractivity contribution in [3.63, 3.8) is 0 Å². The van der Waals surface area contributed by atoms with Gasteiger partial charge in [0.15, 0.2) is 0 Å². The van der Waals surface area contributed by atoms with E-state index in [4.69, 9.17) is 14.6 Å². The van der Waals surface area contributed by atoms with E-state index in [0.717, 1.165) is 5.56 Å². The molecule has 0 saturated carbocycles. The number of nitrogens with zero attached hydrogens (tertiary/aromatic N) is 1. The standard InChI is InChI=1S/C14H20N2O5.ClH/c1-16(9-13(17)15-7-14(18)19)8-10-4-5-11(20-2)6-12(10)21-3;/h4-6H,7-9H2,1-3H3,(H,15,17)(H,18,19);1H. The van der Waals surface area contributed by atoms with Gasteiger partial charge in [-0.1, -0.05) is 6.07 Å². The number of hydrogen-bond donors (Lipinski definition) is 2. The lowest BCUT2D eigenvalue weighted by Crippen LogP contribution is -2.37. The average molecular weight is 333 g/mol. The van der Waals surface area contributed by atoms with Crippen LogP contribution in [0, 0.1) is 0 Å². The number of carbonyl (C=O) groups is 2. The van der Waals surface area contributed by atoms with Gasteiger partial charge in [0, 0.05) is 18.2 Å². The third-order valence-electron chi connectivity index (χ3n) is 2.78. The maximum atomic E-state index is 11.5. The van der Waals surface area contributed by atoms with Gasteiger partial charge >= 0.3 is 5.97 Å². The van der Waals surface area contributed by atoms with E-state index in [1.54, 1.807) is 32.2 Å². The van der Waals surface area contributed by atoms with Crippen LogP contribution in [-0.2, 0) is 16.1 Å². The molecule has 0 aliphatic carbocycles. The second kappa shape index (κ2) is 9.86. The number of carboxylic acid groups (broad SMARTS) is 1. The predicted molar refractivity (Wildman–Crippen MR) is 83.8 cm³/mol. The number of nitrogens with one attached hydrogen (secondary N) is 1. The second-order valence-electron chi connectivity index (χ2n) is 4.52. The summed E-state index contributed by atoms with van der Waals surface area (Å²) in [6.45, 7) is 0.217. The molecule has 0 aliphatic heterocycles. The normalized spacial score (nSPS) is 9.82. The summed E-state index contributed by atoms with van der Waals surface area (Å²) in [7, 11) is 4.91. The number of ether oxygens (including phenoxy) is 2. The van der Waals surface area contributed by atoms with Gasteiger partial charge < -0.3 is 19.9 Å². The fourth-order valence-electron chi connectivity index (χ4n) is 1.80. The monoisotopic (exact) mass is 332 g/mol. The third-order valence-corrected chi connectivity index (χ3v) is 2.78. The van der Waals surface area contributed by atoms with Crippen LogP contribution in [0.15, 0.2) is 18.2 Å². The number of hydrogen-bond acceptors (Lipinski definition) is 5. The van der Waals surface area contributed by atoms with Crippen LogP contribution in [0.3, 0.4) is 0 Å². The lowest BCUT2D eigenvalue weighted by atomic mass is 10.2. The number of benzene rings is 1. The zero-order valence-electron chi connectivity index (χ0n) is 12.8. The van der Waals surface area contributed by atoms with Gasteiger partial charge in [-0.3, -0.25) is 14.5 Å². The first-order valence-electron chi connectivity index (χ1n) is 6.34. The molecule has 124 valence electrons. The highest BCUT2D eigenvalue weighted by Crippen LogP contribution is 2.25. The predicted octanol–water partition coefficient (Wildman–Crippen LogP) is 0.758. The van der Waals surface area contributed by atoms with Gasteiger partial charge in [-0.25, -0.2) is 0 Å². The number of aliphatic carboxylic acids is 1. The molecule has 1 aromatic carbocycles. The van der Waals surface area contributed by atoms with Crippen molar-refractivity contribution >= 4 is 24.3 Å². The highest BCUT2D eigenvalue weighted by Gasteiger charge is 2.11. The summed E-state index contributed by atoms with van der Waals surface area (Å²) < 4.78 is 10.4. The molecule has 0 atom stereocenters. The first-order chi connectivity index (χ1) is 9.96. The molecule has 1 rings (SSSR count). The Morgan fingerprint density at radius 1 is 1.27 bits per heavy atom. The van der Waals surface area contributed by atoms with Crippen molar-refractivity contribution in [1.29, 1.82) is 0 Å². The Labute approximate surface area is 135 Å². The second-order valence-corrected chi connectivity index (χ2v) is 4.52. The number of carboxylic acids is 1. The largest absolute Gasteiger partial charge is 0.497 e. The molecule has 0 aliphatic rings. The fourth-order valence-corrected chi connectivity index (χ4v) is 1.80. The van der Waals surface area contributed by atoms with Crippen LogP contribution in [0.2, 0.25) is 0 Å². The van der Waals surface area contributed by atoms with Crippen molar-refractivity contribution in [1.82, 2.24) is 10.2 Å². The summed E-state index contributed by atoms with van der Waals surface area (Å²) >= 11 is 0. The molecule has 8 heteroatoms. The topological polar surface area (TPSA) is 88.1 Å². The Balaban J connectivity index is 0.00000441. The summed E-state index contributed by atoms with van der Waals surface area (Å²) in [5, 5.41) is 10.8. The first-order valence-corrected chi connectivity index (χ1v) is 6.34. The smallest absolute Gasteiger partial charge is 0.322 e. The van der Waals surface area contributed by atoms with E-state index < -0.39 is 5.97 Å². The van der Waals surface area contributed by atoms with E-state index >= 15 is 0 Å². The molecule has 0 bridgehead atoms. The molecule has 0 aromatic heterocycles. The minimum Gasteiger partial charge on any atom is -0.497 e. The molecule has 0 fully saturated rings. The molecule has 2 N–H and O–H groups in total. The number of amides is 1. The molecular weight excluding hydrogens is 312 g/mol. The molecule has 7 nitrogen and oxygen atoms in total. The van der Waals surface area contributed by atoms with Gasteiger partial charge in [0.2, 0.25) is 5.91 Å². The first kappa shape index (κ1) is 20.0. The molecule has 0 spiro atoms. The molecule has 0 heterocycles. The van der Waals surface area contributed by atoms with E-state index in [-0.39, 0.29) is 31.4 Å². The minimum absolute atomic E-state index is 0. The van der Waals surface area contributed by atoms with Gasteiger partial charge in [-0.05, 0) is 13.1 Å². The van der Waals surface area contributed by atoms with Crippen molar-refractivity contribution in [3.05, 3.63) is 23.8 Å². The van der Waals surface area contributed by atoms with Crippen molar-refractivity contribution < 1.29 is 24.2 Å². The van der Waals surface area contributed by atoms with E-state index in [2.05, 4.69) is 5.32 Å². The van der Waals surface area contributed by atoms with Crippen molar-refractivity contribution in [2.75, 3.05) is 34.4 Å². The van der Waals surface area contributed by atoms with Crippen LogP contribution in [0.25, 0.3) is 0 Å². The van der Waals surface area contributed by atoms with E-state index in [1.807, 2.05) is 12.1 Å². The van der Waals surface area contributed by atoms with E-state index in [9.17, 15) is 9.59 Å². The fraction of sp³-hybridized carbons (Fsp3) is 0.429. The summed E-state index contributed by atoms with van der Waals surface area (Å²) in [6, 6.07) is 5.45. The highest BCUT2D eigenvalue weighted by atomic mass is 35.5. The number of likely N-dealkylation sites (N-methyl/N-ethyl adjacent to an activating group) is 1. The van der Waals surface area contributed by atoms with Crippen LogP contribution in [0.4, 0.5) is 0 Å². The maximum absolute atomic E-state index is 11.5. The number of methoxy groups -OCH3 is 2. The zero-order valence-corrected chi connectivity index (χ0v) is 13.6. The van der Waals surface area contributed by atoms with Crippen molar-refractivity contribution in [3.8, 4) is 11.5 Å². The van der Waals surface area contributed by atoms with Crippen molar-refractivity contribution in [2.45, 2.75) is 6.54 Å². The summed E-state index contributed by atoms with van der Waals surface area (Å²) in [6.07, 6.45) is 0. The number of carbonyl (C=O) groups excluding carboxylic acids is 1. The number of halogens is 1. The Kier molecular flexibility index (Phi) is 8.97. The Bertz CT molecular complexity index is 510. The van der Waals surface area contributed by atoms with Gasteiger partial charge in [0.05, 0.1) is 20.8 Å². The number of rotatable bonds is 8. The van der Waals surface area contributed by atoms with E-state index in [1.165, 1.54) is 0 Å². The Hall–Kier alpha value is -1.99. The Morgan fingerprint density at radius 3 is 2.50 bits per heavy atom. The van der Waals surface area contributed by atoms with Crippen LogP contribution in [0.5, 0.6) is 11.5 Å². The van der Waals surface area contributed by atoms with Gasteiger partial charge in [-0.2, -0.15) is 0 Å². The summed E-state index contributed by atoms with van der Waals surface area (Å²) in [5.74, 6) is -0.0418. The maximum Gasteiger partial charge on any atom is 0.322 e. The van der Waals surface area contributed by atoms with Gasteiger partial charge in [-0.15, -0.1) is 12.4 Å². The average Bonchev–Trinajstić information content (AvgIpc) is 2.45. The van der Waals surface area contributed by atoms with E-state index in [0.29, 0.717) is 18.0 Å². The summed E-state index contributed by atoms with van der Waals surface area (Å²) in [4.78, 5) is 23.7. The minimum atomic E-state index is -1.07. The molecule has 22 heavy (non-hydrogen) atoms. The molecule has 0 radical (unpaired) electrons. The molecule has 0 unspecified atom stereocenters. The van der Waals surface area contributed by atoms with Crippen LogP contribution in [0.1, 0.15) is 5.56 Å². The van der Waals surface area contributed by atoms with Crippen LogP contribution < -0.4 is 14.8 Å². The molecule has 1 aromatic rings. The molecular formula is C14H21ClN2O5. The van der Waals surface area contributed by atoms with Crippen LogP contribution >= 0.6 is 12.4 Å². The SMILES string of the molecule is COc1ccc(CN(C)CC(=O)NCC(=O)O)c(OC)c1.Cl. The molecule has 1 amide bonds. The quantitative estimate of drug-likeness (QED) is 0.730. The summed E-state index contributed by atoms with van der Waals surface area (Å²) in [5.41, 5.74) is 0.909. The van der Waals surface area contributed by atoms with Gasteiger partial charge in [0.1, 0.15) is 18.0 Å². The zero-order chi connectivity index (χ0) is 15.8.